The molecule has 1 N–H and O–H groups in total. The Morgan fingerprint density at radius 2 is 1.93 bits per heavy atom. The van der Waals surface area contributed by atoms with Crippen molar-refractivity contribution < 1.29 is 14.3 Å². The Morgan fingerprint density at radius 3 is 2.80 bits per heavy atom. The van der Waals surface area contributed by atoms with E-state index in [-0.39, 0.29) is 18.6 Å². The van der Waals surface area contributed by atoms with E-state index in [1.807, 2.05) is 18.2 Å². The molecule has 0 saturated heterocycles. The Balaban J connectivity index is 1.61. The predicted molar refractivity (Wildman–Crippen MR) is 119 cm³/mol. The average Bonchev–Trinajstić information content (AvgIpc) is 3.36. The zero-order valence-electron chi connectivity index (χ0n) is 17.8. The van der Waals surface area contributed by atoms with Gasteiger partial charge in [-0.1, -0.05) is 50.5 Å². The monoisotopic (exact) mass is 406 g/mol. The Kier molecular flexibility index (Phi) is 6.26. The smallest absolute Gasteiger partial charge is 0.231 e. The fraction of sp³-hybridized carbons (Fsp3) is 0.400. The SMILES string of the molecule is CCCCCCNC(=O)C[C@H](c1ccc2c(c1)OCO2)c1cn(C)c2ccccc12. The number of hydrogen-bond acceptors (Lipinski definition) is 3. The molecule has 1 aromatic heterocycles. The molecule has 5 heteroatoms. The molecule has 3 aromatic rings. The first kappa shape index (κ1) is 20.3. The van der Waals surface area contributed by atoms with Gasteiger partial charge in [-0.2, -0.15) is 0 Å². The first-order chi connectivity index (χ1) is 14.7. The first-order valence-electron chi connectivity index (χ1n) is 10.9. The highest BCUT2D eigenvalue weighted by Crippen LogP contribution is 2.39. The Morgan fingerprint density at radius 1 is 1.10 bits per heavy atom. The van der Waals surface area contributed by atoms with E-state index < -0.39 is 0 Å². The quantitative estimate of drug-likeness (QED) is 0.502. The number of carbonyl (C=O) groups excluding carboxylic acids is 1. The molecule has 0 fully saturated rings. The van der Waals surface area contributed by atoms with E-state index in [0.29, 0.717) is 6.42 Å². The van der Waals surface area contributed by atoms with Gasteiger partial charge in [0.25, 0.3) is 0 Å². The summed E-state index contributed by atoms with van der Waals surface area (Å²) in [4.78, 5) is 12.8. The number of unbranched alkanes of at least 4 members (excludes halogenated alkanes) is 3. The van der Waals surface area contributed by atoms with Crippen LogP contribution >= 0.6 is 0 Å². The van der Waals surface area contributed by atoms with Gasteiger partial charge in [-0.25, -0.2) is 0 Å². The molecular weight excluding hydrogens is 376 g/mol. The van der Waals surface area contributed by atoms with Crippen molar-refractivity contribution >= 4 is 16.8 Å². The number of nitrogens with one attached hydrogen (secondary N) is 1. The Hall–Kier alpha value is -2.95. The molecule has 2 aromatic carbocycles. The van der Waals surface area contributed by atoms with Crippen molar-refractivity contribution in [3.05, 3.63) is 59.8 Å². The van der Waals surface area contributed by atoms with Crippen molar-refractivity contribution in [2.75, 3.05) is 13.3 Å². The van der Waals surface area contributed by atoms with Crippen molar-refractivity contribution in [1.29, 1.82) is 0 Å². The van der Waals surface area contributed by atoms with Gasteiger partial charge >= 0.3 is 0 Å². The van der Waals surface area contributed by atoms with Crippen molar-refractivity contribution in [3.8, 4) is 11.5 Å². The van der Waals surface area contributed by atoms with Gasteiger partial charge in [0.05, 0.1) is 0 Å². The maximum atomic E-state index is 12.8. The third-order valence-corrected chi connectivity index (χ3v) is 5.84. The van der Waals surface area contributed by atoms with Gasteiger partial charge in [-0.3, -0.25) is 4.79 Å². The summed E-state index contributed by atoms with van der Waals surface area (Å²) >= 11 is 0. The highest BCUT2D eigenvalue weighted by atomic mass is 16.7. The minimum atomic E-state index is -0.0544. The van der Waals surface area contributed by atoms with E-state index in [2.05, 4.69) is 54.3 Å². The Bertz CT molecular complexity index is 1020. The third-order valence-electron chi connectivity index (χ3n) is 5.84. The number of hydrogen-bond donors (Lipinski definition) is 1. The van der Waals surface area contributed by atoms with E-state index >= 15 is 0 Å². The van der Waals surface area contributed by atoms with Crippen LogP contribution in [0, 0.1) is 0 Å². The van der Waals surface area contributed by atoms with E-state index in [9.17, 15) is 4.79 Å². The maximum Gasteiger partial charge on any atom is 0.231 e. The number of rotatable bonds is 9. The third kappa shape index (κ3) is 4.30. The summed E-state index contributed by atoms with van der Waals surface area (Å²) in [5.41, 5.74) is 3.39. The molecule has 30 heavy (non-hydrogen) atoms. The second-order valence-corrected chi connectivity index (χ2v) is 7.99. The summed E-state index contributed by atoms with van der Waals surface area (Å²) in [7, 11) is 2.05. The van der Waals surface area contributed by atoms with Crippen molar-refractivity contribution in [1.82, 2.24) is 9.88 Å². The maximum absolute atomic E-state index is 12.8. The molecule has 1 amide bonds. The molecule has 0 spiro atoms. The standard InChI is InChI=1S/C25H30N2O3/c1-3-4-5-8-13-26-25(28)15-20(18-11-12-23-24(14-18)30-17-29-23)21-16-27(2)22-10-7-6-9-19(21)22/h6-7,9-12,14,16,20H,3-5,8,13,15,17H2,1-2H3,(H,26,28)/t20-/m1/s1. The van der Waals surface area contributed by atoms with E-state index in [1.54, 1.807) is 0 Å². The number of aryl methyl sites for hydroxylation is 1. The van der Waals surface area contributed by atoms with Gasteiger partial charge < -0.3 is 19.4 Å². The van der Waals surface area contributed by atoms with Gasteiger partial charge in [-0.15, -0.1) is 0 Å². The van der Waals surface area contributed by atoms with Crippen LogP contribution in [0.2, 0.25) is 0 Å². The molecule has 2 heterocycles. The van der Waals surface area contributed by atoms with Crippen LogP contribution in [0.4, 0.5) is 0 Å². The lowest BCUT2D eigenvalue weighted by molar-refractivity contribution is -0.121. The Labute approximate surface area is 178 Å². The van der Waals surface area contributed by atoms with Gasteiger partial charge in [0.2, 0.25) is 12.7 Å². The van der Waals surface area contributed by atoms with E-state index in [0.717, 1.165) is 42.0 Å². The van der Waals surface area contributed by atoms with Crippen molar-refractivity contribution in [3.63, 3.8) is 0 Å². The fourth-order valence-electron chi connectivity index (χ4n) is 4.23. The zero-order chi connectivity index (χ0) is 20.9. The summed E-state index contributed by atoms with van der Waals surface area (Å²) in [5.74, 6) is 1.54. The first-order valence-corrected chi connectivity index (χ1v) is 10.9. The molecule has 4 rings (SSSR count). The summed E-state index contributed by atoms with van der Waals surface area (Å²) in [6.07, 6.45) is 7.15. The lowest BCUT2D eigenvalue weighted by atomic mass is 9.87. The molecule has 0 bridgehead atoms. The molecule has 1 aliphatic heterocycles. The molecule has 0 radical (unpaired) electrons. The van der Waals surface area contributed by atoms with Gasteiger partial charge in [0.15, 0.2) is 11.5 Å². The number of fused-ring (bicyclic) bond motifs is 2. The van der Waals surface area contributed by atoms with Gasteiger partial charge in [0.1, 0.15) is 0 Å². The van der Waals surface area contributed by atoms with Crippen LogP contribution in [-0.2, 0) is 11.8 Å². The van der Waals surface area contributed by atoms with Crippen molar-refractivity contribution in [2.24, 2.45) is 7.05 Å². The highest BCUT2D eigenvalue weighted by molar-refractivity contribution is 5.86. The largest absolute Gasteiger partial charge is 0.454 e. The van der Waals surface area contributed by atoms with Crippen LogP contribution in [0.15, 0.2) is 48.7 Å². The van der Waals surface area contributed by atoms with Crippen molar-refractivity contribution in [2.45, 2.75) is 44.9 Å². The van der Waals surface area contributed by atoms with Crippen LogP contribution in [0.25, 0.3) is 10.9 Å². The number of aromatic nitrogens is 1. The van der Waals surface area contributed by atoms with E-state index in [4.69, 9.17) is 9.47 Å². The molecule has 158 valence electrons. The number of carbonyl (C=O) groups is 1. The van der Waals surface area contributed by atoms with Gasteiger partial charge in [0, 0.05) is 43.0 Å². The van der Waals surface area contributed by atoms with Crippen LogP contribution in [-0.4, -0.2) is 23.8 Å². The van der Waals surface area contributed by atoms with Gasteiger partial charge in [-0.05, 0) is 35.7 Å². The number of benzene rings is 2. The zero-order valence-corrected chi connectivity index (χ0v) is 17.8. The summed E-state index contributed by atoms with van der Waals surface area (Å²) in [6.45, 7) is 3.18. The number of nitrogens with zero attached hydrogens (tertiary/aromatic N) is 1. The summed E-state index contributed by atoms with van der Waals surface area (Å²) in [5, 5.41) is 4.30. The van der Waals surface area contributed by atoms with Crippen LogP contribution in [0.5, 0.6) is 11.5 Å². The highest BCUT2D eigenvalue weighted by Gasteiger charge is 2.24. The lowest BCUT2D eigenvalue weighted by Crippen LogP contribution is -2.26. The molecule has 1 atom stereocenters. The molecule has 5 nitrogen and oxygen atoms in total. The second kappa shape index (κ2) is 9.24. The topological polar surface area (TPSA) is 52.5 Å². The molecule has 0 saturated carbocycles. The number of amides is 1. The van der Waals surface area contributed by atoms with Crippen LogP contribution in [0.3, 0.4) is 0 Å². The fourth-order valence-corrected chi connectivity index (χ4v) is 4.23. The normalized spacial score (nSPS) is 13.5. The predicted octanol–water partition coefficient (Wildman–Crippen LogP) is 5.13. The molecule has 1 aliphatic rings. The molecular formula is C25H30N2O3. The number of ether oxygens (including phenoxy) is 2. The molecule has 0 unspecified atom stereocenters. The number of para-hydroxylation sites is 1. The van der Waals surface area contributed by atoms with E-state index in [1.165, 1.54) is 23.7 Å². The average molecular weight is 407 g/mol. The lowest BCUT2D eigenvalue weighted by Gasteiger charge is -2.18. The van der Waals surface area contributed by atoms with Crippen LogP contribution in [0.1, 0.15) is 56.1 Å². The summed E-state index contributed by atoms with van der Waals surface area (Å²) < 4.78 is 13.2. The second-order valence-electron chi connectivity index (χ2n) is 7.99. The minimum absolute atomic E-state index is 0.0544. The molecule has 0 aliphatic carbocycles. The minimum Gasteiger partial charge on any atom is -0.454 e. The summed E-state index contributed by atoms with van der Waals surface area (Å²) in [6, 6.07) is 14.4. The van der Waals surface area contributed by atoms with Crippen LogP contribution < -0.4 is 14.8 Å².